The van der Waals surface area contributed by atoms with Crippen LogP contribution in [0.5, 0.6) is 0 Å². The minimum Gasteiger partial charge on any atom is -0.326 e. The molecule has 4 fully saturated rings. The van der Waals surface area contributed by atoms with Crippen molar-refractivity contribution in [3.63, 3.8) is 0 Å². The summed E-state index contributed by atoms with van der Waals surface area (Å²) in [5.74, 6) is 2.97. The summed E-state index contributed by atoms with van der Waals surface area (Å²) in [7, 11) is 0. The Bertz CT molecular complexity index is 574. The fourth-order valence-electron chi connectivity index (χ4n) is 5.72. The molecule has 2 nitrogen and oxygen atoms in total. The van der Waals surface area contributed by atoms with E-state index in [2.05, 4.69) is 47.0 Å². The Morgan fingerprint density at radius 1 is 1.18 bits per heavy atom. The summed E-state index contributed by atoms with van der Waals surface area (Å²) >= 11 is 2.33. The van der Waals surface area contributed by atoms with Gasteiger partial charge in [-0.05, 0) is 109 Å². The highest BCUT2D eigenvalue weighted by molar-refractivity contribution is 14.1. The maximum absolute atomic E-state index is 12.6. The normalized spacial score (nSPS) is 35.6. The first-order chi connectivity index (χ1) is 10.5. The van der Waals surface area contributed by atoms with Crippen LogP contribution in [-0.2, 0) is 4.79 Å². The van der Waals surface area contributed by atoms with E-state index in [9.17, 15) is 4.79 Å². The van der Waals surface area contributed by atoms with Crippen LogP contribution in [-0.4, -0.2) is 5.91 Å². The number of hydrogen-bond donors (Lipinski definition) is 1. The Labute approximate surface area is 146 Å². The average Bonchev–Trinajstić information content (AvgIpc) is 2.40. The van der Waals surface area contributed by atoms with Crippen molar-refractivity contribution in [3.05, 3.63) is 27.3 Å². The molecule has 3 heteroatoms. The number of hydrogen-bond acceptors (Lipinski definition) is 1. The topological polar surface area (TPSA) is 29.1 Å². The Morgan fingerprint density at radius 3 is 2.32 bits per heavy atom. The number of carbonyl (C=O) groups is 1. The van der Waals surface area contributed by atoms with E-state index < -0.39 is 0 Å². The molecule has 1 N–H and O–H groups in total. The minimum absolute atomic E-state index is 0.224. The summed E-state index contributed by atoms with van der Waals surface area (Å²) in [6.45, 7) is 2.10. The molecule has 0 unspecified atom stereocenters. The Hall–Kier alpha value is -0.580. The summed E-state index contributed by atoms with van der Waals surface area (Å²) in [5.41, 5.74) is 2.54. The molecule has 4 aliphatic rings. The molecule has 0 radical (unpaired) electrons. The fourth-order valence-corrected chi connectivity index (χ4v) is 6.24. The van der Waals surface area contributed by atoms with Crippen LogP contribution in [0.15, 0.2) is 18.2 Å². The largest absolute Gasteiger partial charge is 0.326 e. The molecule has 1 aromatic rings. The van der Waals surface area contributed by atoms with Gasteiger partial charge in [0.25, 0.3) is 0 Å². The lowest BCUT2D eigenvalue weighted by molar-refractivity contribution is -0.124. The highest BCUT2D eigenvalue weighted by atomic mass is 127. The van der Waals surface area contributed by atoms with Crippen molar-refractivity contribution < 1.29 is 4.79 Å². The van der Waals surface area contributed by atoms with E-state index in [0.717, 1.165) is 29.9 Å². The molecule has 5 rings (SSSR count). The molecule has 22 heavy (non-hydrogen) atoms. The molecule has 1 amide bonds. The highest BCUT2D eigenvalue weighted by Crippen LogP contribution is 2.61. The van der Waals surface area contributed by atoms with E-state index in [1.807, 2.05) is 6.07 Å². The van der Waals surface area contributed by atoms with Gasteiger partial charge in [0, 0.05) is 15.7 Å². The number of carbonyl (C=O) groups excluding carboxylic acids is 1. The van der Waals surface area contributed by atoms with Crippen LogP contribution in [0.4, 0.5) is 5.69 Å². The number of halogens is 1. The molecule has 0 heterocycles. The van der Waals surface area contributed by atoms with E-state index in [4.69, 9.17) is 0 Å². The number of benzene rings is 1. The standard InChI is InChI=1S/C19H24INO/c1-12-2-3-16(7-17(12)20)21-18(22)11-19-8-13-4-14(9-19)6-15(5-13)10-19/h2-3,7,13-15H,4-6,8-11H2,1H3,(H,21,22). The summed E-state index contributed by atoms with van der Waals surface area (Å²) in [6.07, 6.45) is 8.97. The third-order valence-corrected chi connectivity index (χ3v) is 7.32. The first kappa shape index (κ1) is 15.0. The van der Waals surface area contributed by atoms with Gasteiger partial charge in [0.2, 0.25) is 5.91 Å². The molecule has 0 aliphatic heterocycles. The molecular weight excluding hydrogens is 385 g/mol. The monoisotopic (exact) mass is 409 g/mol. The maximum Gasteiger partial charge on any atom is 0.224 e. The van der Waals surface area contributed by atoms with Crippen LogP contribution in [0.25, 0.3) is 0 Å². The second kappa shape index (κ2) is 5.50. The third-order valence-electron chi connectivity index (χ3n) is 6.16. The lowest BCUT2D eigenvalue weighted by Gasteiger charge is -2.56. The molecule has 118 valence electrons. The van der Waals surface area contributed by atoms with Crippen molar-refractivity contribution in [1.82, 2.24) is 0 Å². The lowest BCUT2D eigenvalue weighted by Crippen LogP contribution is -2.47. The molecule has 0 atom stereocenters. The van der Waals surface area contributed by atoms with Crippen LogP contribution < -0.4 is 5.32 Å². The summed E-state index contributed by atoms with van der Waals surface area (Å²) in [5, 5.41) is 3.14. The maximum atomic E-state index is 12.6. The predicted molar refractivity (Wildman–Crippen MR) is 97.7 cm³/mol. The lowest BCUT2D eigenvalue weighted by atomic mass is 9.49. The van der Waals surface area contributed by atoms with Crippen molar-refractivity contribution in [3.8, 4) is 0 Å². The van der Waals surface area contributed by atoms with E-state index in [1.165, 1.54) is 47.7 Å². The van der Waals surface area contributed by atoms with Gasteiger partial charge in [-0.2, -0.15) is 0 Å². The van der Waals surface area contributed by atoms with Crippen LogP contribution in [0, 0.1) is 33.7 Å². The van der Waals surface area contributed by atoms with E-state index >= 15 is 0 Å². The number of aryl methyl sites for hydroxylation is 1. The predicted octanol–water partition coefficient (Wildman–Crippen LogP) is 5.14. The third kappa shape index (κ3) is 2.81. The van der Waals surface area contributed by atoms with Crippen molar-refractivity contribution >= 4 is 34.2 Å². The zero-order valence-electron chi connectivity index (χ0n) is 13.2. The van der Waals surface area contributed by atoms with Crippen molar-refractivity contribution in [1.29, 1.82) is 0 Å². The van der Waals surface area contributed by atoms with Gasteiger partial charge >= 0.3 is 0 Å². The van der Waals surface area contributed by atoms with E-state index in [1.54, 1.807) is 0 Å². The van der Waals surface area contributed by atoms with E-state index in [0.29, 0.717) is 5.41 Å². The molecule has 4 bridgehead atoms. The Balaban J connectivity index is 1.44. The number of rotatable bonds is 3. The van der Waals surface area contributed by atoms with Crippen LogP contribution in [0.2, 0.25) is 0 Å². The van der Waals surface area contributed by atoms with Gasteiger partial charge in [0.05, 0.1) is 0 Å². The zero-order valence-corrected chi connectivity index (χ0v) is 15.4. The summed E-state index contributed by atoms with van der Waals surface area (Å²) in [6, 6.07) is 6.19. The molecule has 0 aromatic heterocycles. The summed E-state index contributed by atoms with van der Waals surface area (Å²) < 4.78 is 1.21. The van der Waals surface area contributed by atoms with Gasteiger partial charge in [-0.25, -0.2) is 0 Å². The molecular formula is C19H24INO. The molecule has 0 spiro atoms. The van der Waals surface area contributed by atoms with Crippen molar-refractivity contribution in [2.45, 2.75) is 51.9 Å². The smallest absolute Gasteiger partial charge is 0.224 e. The molecule has 1 aromatic carbocycles. The van der Waals surface area contributed by atoms with E-state index in [-0.39, 0.29) is 5.91 Å². The molecule has 4 saturated carbocycles. The van der Waals surface area contributed by atoms with Crippen molar-refractivity contribution in [2.75, 3.05) is 5.32 Å². The SMILES string of the molecule is Cc1ccc(NC(=O)CC23CC4CC(CC(C4)C2)C3)cc1I. The fraction of sp³-hybridized carbons (Fsp3) is 0.632. The summed E-state index contributed by atoms with van der Waals surface area (Å²) in [4.78, 5) is 12.6. The Morgan fingerprint density at radius 2 is 1.77 bits per heavy atom. The van der Waals surface area contributed by atoms with Gasteiger partial charge in [-0.15, -0.1) is 0 Å². The van der Waals surface area contributed by atoms with Gasteiger partial charge in [-0.3, -0.25) is 4.79 Å². The van der Waals surface area contributed by atoms with Gasteiger partial charge < -0.3 is 5.32 Å². The van der Waals surface area contributed by atoms with Gasteiger partial charge in [-0.1, -0.05) is 6.07 Å². The van der Waals surface area contributed by atoms with Crippen LogP contribution in [0.1, 0.15) is 50.5 Å². The first-order valence-corrected chi connectivity index (χ1v) is 9.65. The first-order valence-electron chi connectivity index (χ1n) is 8.57. The molecule has 0 saturated heterocycles. The number of amides is 1. The Kier molecular flexibility index (Phi) is 3.74. The van der Waals surface area contributed by atoms with Crippen molar-refractivity contribution in [2.24, 2.45) is 23.2 Å². The quantitative estimate of drug-likeness (QED) is 0.688. The zero-order chi connectivity index (χ0) is 15.3. The number of anilines is 1. The average molecular weight is 409 g/mol. The second-order valence-corrected chi connectivity index (χ2v) is 9.27. The highest BCUT2D eigenvalue weighted by Gasteiger charge is 2.51. The van der Waals surface area contributed by atoms with Crippen LogP contribution in [0.3, 0.4) is 0 Å². The minimum atomic E-state index is 0.224. The van der Waals surface area contributed by atoms with Gasteiger partial charge in [0.15, 0.2) is 0 Å². The second-order valence-electron chi connectivity index (χ2n) is 8.11. The van der Waals surface area contributed by atoms with Gasteiger partial charge in [0.1, 0.15) is 0 Å². The number of nitrogens with one attached hydrogen (secondary N) is 1. The molecule has 4 aliphatic carbocycles. The van der Waals surface area contributed by atoms with Crippen LogP contribution >= 0.6 is 22.6 Å².